The van der Waals surface area contributed by atoms with E-state index in [2.05, 4.69) is 10.3 Å². The van der Waals surface area contributed by atoms with Crippen molar-refractivity contribution in [3.05, 3.63) is 22.5 Å². The van der Waals surface area contributed by atoms with Crippen molar-refractivity contribution in [2.45, 2.75) is 91.2 Å². The maximum absolute atomic E-state index is 13.1. The third-order valence-corrected chi connectivity index (χ3v) is 6.54. The van der Waals surface area contributed by atoms with Gasteiger partial charge in [-0.15, -0.1) is 0 Å². The number of nitrogens with one attached hydrogen (secondary N) is 2. The van der Waals surface area contributed by atoms with Crippen LogP contribution in [0.5, 0.6) is 0 Å². The van der Waals surface area contributed by atoms with E-state index in [9.17, 15) is 14.4 Å². The number of carbonyl (C=O) groups excluding carboxylic acids is 3. The zero-order valence-corrected chi connectivity index (χ0v) is 19.4. The van der Waals surface area contributed by atoms with E-state index in [1.807, 2.05) is 4.90 Å². The highest BCUT2D eigenvalue weighted by Crippen LogP contribution is 2.25. The third kappa shape index (κ3) is 5.89. The normalized spacial score (nSPS) is 18.3. The highest BCUT2D eigenvalue weighted by Gasteiger charge is 2.30. The minimum Gasteiger partial charge on any atom is -0.459 e. The fraction of sp³-hybridized carbons (Fsp3) is 0.708. The first-order valence-corrected chi connectivity index (χ1v) is 11.7. The van der Waals surface area contributed by atoms with E-state index in [1.165, 1.54) is 19.3 Å². The number of aromatic nitrogens is 1. The molecule has 7 nitrogen and oxygen atoms in total. The van der Waals surface area contributed by atoms with Gasteiger partial charge in [0.25, 0.3) is 5.91 Å². The second kappa shape index (κ2) is 10.3. The van der Waals surface area contributed by atoms with Crippen LogP contribution in [0, 0.1) is 19.8 Å². The van der Waals surface area contributed by atoms with Gasteiger partial charge in [0.15, 0.2) is 0 Å². The number of hydrogen-bond donors (Lipinski definition) is 2. The molecule has 1 aromatic rings. The number of carbonyl (C=O) groups is 3. The van der Waals surface area contributed by atoms with Gasteiger partial charge >= 0.3 is 5.97 Å². The van der Waals surface area contributed by atoms with E-state index >= 15 is 0 Å². The quantitative estimate of drug-likeness (QED) is 0.669. The number of ether oxygens (including phenoxy) is 1. The molecule has 1 saturated heterocycles. The lowest BCUT2D eigenvalue weighted by molar-refractivity contribution is -0.123. The van der Waals surface area contributed by atoms with Gasteiger partial charge in [0.05, 0.1) is 11.7 Å². The summed E-state index contributed by atoms with van der Waals surface area (Å²) in [7, 11) is 0. The van der Waals surface area contributed by atoms with Crippen molar-refractivity contribution in [3.63, 3.8) is 0 Å². The Bertz CT molecular complexity index is 800. The largest absolute Gasteiger partial charge is 0.459 e. The van der Waals surface area contributed by atoms with Crippen molar-refractivity contribution < 1.29 is 19.1 Å². The van der Waals surface area contributed by atoms with Crippen molar-refractivity contribution in [2.75, 3.05) is 13.1 Å². The number of rotatable bonds is 6. The van der Waals surface area contributed by atoms with Gasteiger partial charge in [0.1, 0.15) is 5.69 Å². The number of piperidine rings is 1. The van der Waals surface area contributed by atoms with Crippen LogP contribution >= 0.6 is 0 Å². The zero-order chi connectivity index (χ0) is 22.5. The number of H-pyrrole nitrogens is 1. The van der Waals surface area contributed by atoms with Gasteiger partial charge in [0.2, 0.25) is 5.91 Å². The van der Waals surface area contributed by atoms with Crippen LogP contribution in [0.4, 0.5) is 0 Å². The molecule has 0 spiro atoms. The first-order valence-electron chi connectivity index (χ1n) is 11.7. The van der Waals surface area contributed by atoms with Crippen LogP contribution in [0.25, 0.3) is 0 Å². The fourth-order valence-corrected chi connectivity index (χ4v) is 4.84. The number of hydrogen-bond acceptors (Lipinski definition) is 4. The molecule has 3 rings (SSSR count). The molecule has 1 aliphatic heterocycles. The summed E-state index contributed by atoms with van der Waals surface area (Å²) in [5.74, 6) is -0.0196. The van der Waals surface area contributed by atoms with E-state index in [4.69, 9.17) is 4.74 Å². The van der Waals surface area contributed by atoms with Crippen LogP contribution in [0.15, 0.2) is 0 Å². The second-order valence-electron chi connectivity index (χ2n) is 9.42. The summed E-state index contributed by atoms with van der Waals surface area (Å²) in [5, 5.41) is 3.20. The first-order chi connectivity index (χ1) is 14.8. The molecule has 2 fully saturated rings. The third-order valence-electron chi connectivity index (χ3n) is 6.54. The van der Waals surface area contributed by atoms with Gasteiger partial charge < -0.3 is 19.9 Å². The molecule has 0 aromatic carbocycles. The Kier molecular flexibility index (Phi) is 7.79. The molecule has 1 aromatic heterocycles. The van der Waals surface area contributed by atoms with Crippen LogP contribution in [-0.2, 0) is 9.53 Å². The smallest absolute Gasteiger partial charge is 0.340 e. The van der Waals surface area contributed by atoms with Gasteiger partial charge in [-0.1, -0.05) is 19.3 Å². The Labute approximate surface area is 185 Å². The van der Waals surface area contributed by atoms with Crippen LogP contribution in [-0.4, -0.2) is 52.9 Å². The monoisotopic (exact) mass is 431 g/mol. The van der Waals surface area contributed by atoms with Gasteiger partial charge in [-0.3, -0.25) is 9.59 Å². The summed E-state index contributed by atoms with van der Waals surface area (Å²) in [6.45, 7) is 8.45. The van der Waals surface area contributed by atoms with E-state index < -0.39 is 5.97 Å². The maximum atomic E-state index is 13.1. The maximum Gasteiger partial charge on any atom is 0.340 e. The number of aryl methyl sites for hydroxylation is 1. The summed E-state index contributed by atoms with van der Waals surface area (Å²) in [4.78, 5) is 42.8. The molecule has 0 radical (unpaired) electrons. The first kappa shape index (κ1) is 23.4. The molecular formula is C24H37N3O4. The molecule has 2 aliphatic rings. The average Bonchev–Trinajstić information content (AvgIpc) is 3.02. The highest BCUT2D eigenvalue weighted by molar-refractivity contribution is 6.00. The molecule has 31 heavy (non-hydrogen) atoms. The Morgan fingerprint density at radius 1 is 1.06 bits per heavy atom. The van der Waals surface area contributed by atoms with Crippen LogP contribution < -0.4 is 5.32 Å². The molecule has 2 heterocycles. The zero-order valence-electron chi connectivity index (χ0n) is 19.4. The van der Waals surface area contributed by atoms with Crippen molar-refractivity contribution in [1.82, 2.24) is 15.2 Å². The minimum absolute atomic E-state index is 0.0886. The Morgan fingerprint density at radius 3 is 2.32 bits per heavy atom. The molecule has 1 aliphatic carbocycles. The fourth-order valence-electron chi connectivity index (χ4n) is 4.84. The molecule has 2 N–H and O–H groups in total. The Hall–Kier alpha value is -2.31. The lowest BCUT2D eigenvalue weighted by atomic mass is 9.91. The van der Waals surface area contributed by atoms with Gasteiger partial charge in [-0.05, 0) is 64.9 Å². The SMILES string of the molecule is Cc1[nH]c(C(=O)N2CCC(CC(=O)NC3CCCCC3)CC2)c(C)c1C(=O)OC(C)C. The van der Waals surface area contributed by atoms with Crippen molar-refractivity contribution in [1.29, 1.82) is 0 Å². The highest BCUT2D eigenvalue weighted by atomic mass is 16.5. The summed E-state index contributed by atoms with van der Waals surface area (Å²) < 4.78 is 5.32. The van der Waals surface area contributed by atoms with Gasteiger partial charge in [-0.2, -0.15) is 0 Å². The van der Waals surface area contributed by atoms with Gasteiger partial charge in [0, 0.05) is 31.2 Å². The standard InChI is InChI=1S/C24H37N3O4/c1-15(2)31-24(30)21-16(3)22(25-17(21)4)23(29)27-12-10-18(11-13-27)14-20(28)26-19-8-6-5-7-9-19/h15,18-19,25H,5-14H2,1-4H3,(H,26,28). The lowest BCUT2D eigenvalue weighted by Crippen LogP contribution is -2.41. The molecule has 7 heteroatoms. The van der Waals surface area contributed by atoms with Crippen molar-refractivity contribution >= 4 is 17.8 Å². The van der Waals surface area contributed by atoms with Crippen LogP contribution in [0.3, 0.4) is 0 Å². The number of likely N-dealkylation sites (tertiary alicyclic amines) is 1. The van der Waals surface area contributed by atoms with Crippen molar-refractivity contribution in [2.24, 2.45) is 5.92 Å². The Morgan fingerprint density at radius 2 is 1.71 bits per heavy atom. The van der Waals surface area contributed by atoms with E-state index in [-0.39, 0.29) is 17.9 Å². The summed E-state index contributed by atoms with van der Waals surface area (Å²) in [6, 6.07) is 0.346. The molecule has 0 atom stereocenters. The molecule has 172 valence electrons. The predicted molar refractivity (Wildman–Crippen MR) is 119 cm³/mol. The van der Waals surface area contributed by atoms with E-state index in [0.29, 0.717) is 54.0 Å². The average molecular weight is 432 g/mol. The predicted octanol–water partition coefficient (Wildman–Crippen LogP) is 3.89. The number of aromatic amines is 1. The summed E-state index contributed by atoms with van der Waals surface area (Å²) >= 11 is 0. The lowest BCUT2D eigenvalue weighted by Gasteiger charge is -2.32. The molecule has 2 amide bonds. The number of nitrogens with zero attached hydrogens (tertiary/aromatic N) is 1. The topological polar surface area (TPSA) is 91.5 Å². The van der Waals surface area contributed by atoms with Gasteiger partial charge in [-0.25, -0.2) is 4.79 Å². The molecule has 0 unspecified atom stereocenters. The molecule has 0 bridgehead atoms. The van der Waals surface area contributed by atoms with Crippen molar-refractivity contribution in [3.8, 4) is 0 Å². The van der Waals surface area contributed by atoms with E-state index in [1.54, 1.807) is 27.7 Å². The molecule has 1 saturated carbocycles. The van der Waals surface area contributed by atoms with Crippen LogP contribution in [0.1, 0.15) is 97.3 Å². The number of esters is 1. The summed E-state index contributed by atoms with van der Waals surface area (Å²) in [5.41, 5.74) is 2.20. The minimum atomic E-state index is -0.400. The second-order valence-corrected chi connectivity index (χ2v) is 9.42. The van der Waals surface area contributed by atoms with Crippen LogP contribution in [0.2, 0.25) is 0 Å². The molecular weight excluding hydrogens is 394 g/mol. The number of amides is 2. The van der Waals surface area contributed by atoms with E-state index in [0.717, 1.165) is 25.7 Å². The Balaban J connectivity index is 1.53. The summed E-state index contributed by atoms with van der Waals surface area (Å²) in [6.07, 6.45) is 7.87.